The lowest BCUT2D eigenvalue weighted by atomic mass is 9.46. The maximum atomic E-state index is 13.6. The Hall–Kier alpha value is -1.12. The van der Waals surface area contributed by atoms with Crippen molar-refractivity contribution in [2.75, 3.05) is 0 Å². The summed E-state index contributed by atoms with van der Waals surface area (Å²) in [5.74, 6) is 3.74. The number of carbonyl (C=O) groups is 2. The summed E-state index contributed by atoms with van der Waals surface area (Å²) in [4.78, 5) is 25.1. The molecule has 0 aromatic carbocycles. The summed E-state index contributed by atoms with van der Waals surface area (Å²) < 4.78 is 5.54. The highest BCUT2D eigenvalue weighted by Crippen LogP contribution is 2.66. The normalized spacial score (nSPS) is 42.0. The van der Waals surface area contributed by atoms with Gasteiger partial charge in [-0.15, -0.1) is 0 Å². The molecule has 0 saturated heterocycles. The van der Waals surface area contributed by atoms with Crippen LogP contribution < -0.4 is 0 Å². The first-order chi connectivity index (χ1) is 15.1. The molecule has 0 N–H and O–H groups in total. The molecule has 0 unspecified atom stereocenters. The van der Waals surface area contributed by atoms with E-state index in [1.165, 1.54) is 57.4 Å². The number of rotatable bonds is 6. The van der Waals surface area contributed by atoms with E-state index in [-0.39, 0.29) is 23.4 Å². The minimum atomic E-state index is -0.202. The van der Waals surface area contributed by atoms with E-state index in [0.717, 1.165) is 37.0 Å². The van der Waals surface area contributed by atoms with Gasteiger partial charge in [0.25, 0.3) is 0 Å². The minimum Gasteiger partial charge on any atom is -0.462 e. The van der Waals surface area contributed by atoms with Crippen LogP contribution >= 0.6 is 0 Å². The zero-order valence-corrected chi connectivity index (χ0v) is 21.4. The molecule has 3 heteroatoms. The van der Waals surface area contributed by atoms with Crippen LogP contribution in [0.25, 0.3) is 0 Å². The molecular weight excluding hydrogens is 396 g/mol. The van der Waals surface area contributed by atoms with Crippen molar-refractivity contribution in [1.29, 1.82) is 0 Å². The first-order valence-corrected chi connectivity index (χ1v) is 13.5. The second kappa shape index (κ2) is 8.91. The fraction of sp³-hybridized carbons (Fsp3) is 0.862. The molecule has 180 valence electrons. The van der Waals surface area contributed by atoms with Crippen LogP contribution in [0, 0.1) is 46.3 Å². The standard InChI is InChI=1S/C29H46O3/c1-18(2)8-7-9-19(3)23-10-11-24-27-25(13-15-29(23,24)6)28(5)14-12-22(32-20(4)30)16-21(28)17-26(27)31/h17-19,22-25,27H,7-16H2,1-6H3/t19-,22-,23+,24+,25-,27-,28-,29+/m0/s1. The molecule has 3 nitrogen and oxygen atoms in total. The molecule has 32 heavy (non-hydrogen) atoms. The van der Waals surface area contributed by atoms with Crippen LogP contribution in [-0.2, 0) is 14.3 Å². The predicted molar refractivity (Wildman–Crippen MR) is 129 cm³/mol. The number of ether oxygens (including phenoxy) is 1. The van der Waals surface area contributed by atoms with Gasteiger partial charge in [-0.25, -0.2) is 0 Å². The molecule has 8 atom stereocenters. The van der Waals surface area contributed by atoms with Crippen molar-refractivity contribution in [1.82, 2.24) is 0 Å². The number of carbonyl (C=O) groups excluding carboxylic acids is 2. The van der Waals surface area contributed by atoms with E-state index in [4.69, 9.17) is 4.74 Å². The first kappa shape index (κ1) is 24.0. The van der Waals surface area contributed by atoms with Crippen molar-refractivity contribution < 1.29 is 14.3 Å². The van der Waals surface area contributed by atoms with Crippen molar-refractivity contribution >= 4 is 11.8 Å². The first-order valence-electron chi connectivity index (χ1n) is 13.5. The lowest BCUT2D eigenvalue weighted by Crippen LogP contribution is -2.53. The third-order valence-corrected chi connectivity index (χ3v) is 10.4. The van der Waals surface area contributed by atoms with E-state index < -0.39 is 0 Å². The minimum absolute atomic E-state index is 0.0485. The number of ketones is 1. The maximum absolute atomic E-state index is 13.6. The van der Waals surface area contributed by atoms with Crippen molar-refractivity contribution in [3.63, 3.8) is 0 Å². The molecule has 0 aromatic heterocycles. The highest BCUT2D eigenvalue weighted by molar-refractivity contribution is 5.94. The lowest BCUT2D eigenvalue weighted by molar-refractivity contribution is -0.149. The van der Waals surface area contributed by atoms with Gasteiger partial charge in [0.2, 0.25) is 0 Å². The van der Waals surface area contributed by atoms with Gasteiger partial charge in [0.05, 0.1) is 0 Å². The number of allylic oxidation sites excluding steroid dienone is 1. The van der Waals surface area contributed by atoms with Crippen molar-refractivity contribution in [3.05, 3.63) is 11.6 Å². The molecular formula is C29H46O3. The molecule has 0 bridgehead atoms. The van der Waals surface area contributed by atoms with E-state index in [2.05, 4.69) is 34.6 Å². The number of fused-ring (bicyclic) bond motifs is 5. The van der Waals surface area contributed by atoms with Gasteiger partial charge in [-0.3, -0.25) is 9.59 Å². The van der Waals surface area contributed by atoms with Crippen LogP contribution in [0.4, 0.5) is 0 Å². The summed E-state index contributed by atoms with van der Waals surface area (Å²) in [6, 6.07) is 0. The summed E-state index contributed by atoms with van der Waals surface area (Å²) in [5.41, 5.74) is 1.70. The van der Waals surface area contributed by atoms with Crippen molar-refractivity contribution in [2.45, 2.75) is 112 Å². The second-order valence-corrected chi connectivity index (χ2v) is 12.7. The predicted octanol–water partition coefficient (Wildman–Crippen LogP) is 7.14. The van der Waals surface area contributed by atoms with E-state index in [1.54, 1.807) is 0 Å². The summed E-state index contributed by atoms with van der Waals surface area (Å²) >= 11 is 0. The summed E-state index contributed by atoms with van der Waals surface area (Å²) in [7, 11) is 0. The fourth-order valence-corrected chi connectivity index (χ4v) is 8.73. The molecule has 0 aliphatic heterocycles. The largest absolute Gasteiger partial charge is 0.462 e. The van der Waals surface area contributed by atoms with Gasteiger partial charge < -0.3 is 4.74 Å². The molecule has 0 aromatic rings. The molecule has 4 aliphatic carbocycles. The Morgan fingerprint density at radius 3 is 2.50 bits per heavy atom. The van der Waals surface area contributed by atoms with E-state index in [9.17, 15) is 9.59 Å². The number of hydrogen-bond acceptors (Lipinski definition) is 3. The average molecular weight is 443 g/mol. The molecule has 0 spiro atoms. The lowest BCUT2D eigenvalue weighted by Gasteiger charge is -2.57. The van der Waals surface area contributed by atoms with Gasteiger partial charge in [0.1, 0.15) is 6.10 Å². The topological polar surface area (TPSA) is 43.4 Å². The van der Waals surface area contributed by atoms with Crippen LogP contribution in [0.1, 0.15) is 106 Å². The molecule has 3 saturated carbocycles. The maximum Gasteiger partial charge on any atom is 0.302 e. The van der Waals surface area contributed by atoms with Gasteiger partial charge in [-0.2, -0.15) is 0 Å². The van der Waals surface area contributed by atoms with E-state index in [1.807, 2.05) is 6.08 Å². The third-order valence-electron chi connectivity index (χ3n) is 10.4. The molecule has 4 rings (SSSR count). The Bertz CT molecular complexity index is 766. The monoisotopic (exact) mass is 442 g/mol. The van der Waals surface area contributed by atoms with Crippen LogP contribution in [0.3, 0.4) is 0 Å². The third kappa shape index (κ3) is 4.11. The van der Waals surface area contributed by atoms with E-state index in [0.29, 0.717) is 23.0 Å². The van der Waals surface area contributed by atoms with Gasteiger partial charge in [-0.1, -0.05) is 59.5 Å². The Morgan fingerprint density at radius 2 is 1.81 bits per heavy atom. The van der Waals surface area contributed by atoms with Gasteiger partial charge >= 0.3 is 5.97 Å². The average Bonchev–Trinajstić information content (AvgIpc) is 3.05. The summed E-state index contributed by atoms with van der Waals surface area (Å²) in [6.07, 6.45) is 13.7. The van der Waals surface area contributed by atoms with Gasteiger partial charge in [0.15, 0.2) is 5.78 Å². The molecule has 0 heterocycles. The Kier molecular flexibility index (Phi) is 6.69. The second-order valence-electron chi connectivity index (χ2n) is 12.7. The zero-order chi connectivity index (χ0) is 23.3. The SMILES string of the molecule is CC(=O)O[C@H]1CC[C@@]2(C)C(=CC(=O)[C@H]3[C@H]4CC[C@H]([C@@H](C)CCCC(C)C)[C@@]4(C)CC[C@@H]32)C1. The zero-order valence-electron chi connectivity index (χ0n) is 21.4. The Morgan fingerprint density at radius 1 is 1.06 bits per heavy atom. The van der Waals surface area contributed by atoms with Crippen molar-refractivity contribution in [3.8, 4) is 0 Å². The summed E-state index contributed by atoms with van der Waals surface area (Å²) in [6.45, 7) is 13.6. The van der Waals surface area contributed by atoms with Gasteiger partial charge in [-0.05, 0) is 85.0 Å². The highest BCUT2D eigenvalue weighted by atomic mass is 16.5. The molecule has 0 radical (unpaired) electrons. The molecule has 4 aliphatic rings. The Labute approximate surface area is 196 Å². The van der Waals surface area contributed by atoms with Crippen LogP contribution in [-0.4, -0.2) is 17.9 Å². The van der Waals surface area contributed by atoms with Crippen LogP contribution in [0.5, 0.6) is 0 Å². The molecule has 3 fully saturated rings. The fourth-order valence-electron chi connectivity index (χ4n) is 8.73. The smallest absolute Gasteiger partial charge is 0.302 e. The van der Waals surface area contributed by atoms with Crippen LogP contribution in [0.2, 0.25) is 0 Å². The molecule has 0 amide bonds. The van der Waals surface area contributed by atoms with Crippen molar-refractivity contribution in [2.24, 2.45) is 46.3 Å². The summed E-state index contributed by atoms with van der Waals surface area (Å²) in [5, 5.41) is 0. The highest BCUT2D eigenvalue weighted by Gasteiger charge is 2.61. The van der Waals surface area contributed by atoms with E-state index >= 15 is 0 Å². The van der Waals surface area contributed by atoms with Gasteiger partial charge in [0, 0.05) is 19.3 Å². The number of esters is 1. The quantitative estimate of drug-likeness (QED) is 0.411. The number of hydrogen-bond donors (Lipinski definition) is 0. The van der Waals surface area contributed by atoms with Crippen LogP contribution in [0.15, 0.2) is 11.6 Å². The Balaban J connectivity index is 1.52.